The van der Waals surface area contributed by atoms with Crippen LogP contribution in [-0.4, -0.2) is 30.1 Å². The molecule has 1 aliphatic heterocycles. The summed E-state index contributed by atoms with van der Waals surface area (Å²) in [5.74, 6) is 0. The van der Waals surface area contributed by atoms with Crippen LogP contribution >= 0.6 is 0 Å². The van der Waals surface area contributed by atoms with Crippen LogP contribution in [0, 0.1) is 13.8 Å². The topological polar surface area (TPSA) is 70.4 Å². The molecule has 2 heterocycles. The van der Waals surface area contributed by atoms with Crippen molar-refractivity contribution in [2.75, 3.05) is 23.3 Å². The van der Waals surface area contributed by atoms with Crippen molar-refractivity contribution in [2.45, 2.75) is 32.7 Å². The number of aromatic nitrogens is 1. The Balaban J connectivity index is 1.38. The number of urea groups is 1. The molecule has 0 saturated carbocycles. The highest BCUT2D eigenvalue weighted by Crippen LogP contribution is 2.28. The first-order valence-electron chi connectivity index (χ1n) is 9.34. The van der Waals surface area contributed by atoms with E-state index < -0.39 is 0 Å². The van der Waals surface area contributed by atoms with E-state index in [1.165, 1.54) is 5.56 Å². The van der Waals surface area contributed by atoms with E-state index in [0.29, 0.717) is 12.6 Å². The molecule has 4 rings (SSSR count). The third-order valence-electron chi connectivity index (χ3n) is 5.17. The monoisotopic (exact) mass is 364 g/mol. The van der Waals surface area contributed by atoms with Gasteiger partial charge in [-0.2, -0.15) is 4.98 Å². The Hall–Kier alpha value is -3.02. The quantitative estimate of drug-likeness (QED) is 0.727. The Kier molecular flexibility index (Phi) is 4.71. The number of para-hydroxylation sites is 2. The molecule has 3 aromatic rings. The van der Waals surface area contributed by atoms with Crippen molar-refractivity contribution in [1.82, 2.24) is 10.3 Å². The molecule has 0 radical (unpaired) electrons. The zero-order valence-corrected chi connectivity index (χ0v) is 15.7. The molecule has 0 aliphatic carbocycles. The number of nitrogens with one attached hydrogen (secondary N) is 2. The number of oxazole rings is 1. The smallest absolute Gasteiger partial charge is 0.319 e. The average molecular weight is 364 g/mol. The minimum Gasteiger partial charge on any atom is -0.423 e. The summed E-state index contributed by atoms with van der Waals surface area (Å²) in [6.45, 7) is 5.53. The van der Waals surface area contributed by atoms with Gasteiger partial charge >= 0.3 is 6.03 Å². The summed E-state index contributed by atoms with van der Waals surface area (Å²) in [7, 11) is 0. The van der Waals surface area contributed by atoms with Crippen LogP contribution in [0.4, 0.5) is 16.5 Å². The van der Waals surface area contributed by atoms with Gasteiger partial charge in [0.05, 0.1) is 6.04 Å². The lowest BCUT2D eigenvalue weighted by molar-refractivity contribution is 0.251. The fourth-order valence-corrected chi connectivity index (χ4v) is 3.49. The Morgan fingerprint density at radius 1 is 1.22 bits per heavy atom. The Bertz CT molecular complexity index is 933. The van der Waals surface area contributed by atoms with E-state index in [-0.39, 0.29) is 12.1 Å². The van der Waals surface area contributed by atoms with E-state index in [1.807, 2.05) is 49.4 Å². The molecule has 6 heteroatoms. The van der Waals surface area contributed by atoms with Gasteiger partial charge in [0.25, 0.3) is 6.01 Å². The fraction of sp³-hybridized carbons (Fsp3) is 0.333. The first-order chi connectivity index (χ1) is 13.1. The molecule has 140 valence electrons. The third kappa shape index (κ3) is 3.74. The number of aryl methyl sites for hydroxylation is 2. The number of hydrogen-bond acceptors (Lipinski definition) is 4. The van der Waals surface area contributed by atoms with Gasteiger partial charge in [0.15, 0.2) is 5.58 Å². The van der Waals surface area contributed by atoms with Crippen molar-refractivity contribution in [3.63, 3.8) is 0 Å². The van der Waals surface area contributed by atoms with Crippen molar-refractivity contribution in [3.05, 3.63) is 53.6 Å². The van der Waals surface area contributed by atoms with Gasteiger partial charge in [-0.15, -0.1) is 0 Å². The Labute approximate surface area is 158 Å². The van der Waals surface area contributed by atoms with E-state index in [0.717, 1.165) is 41.7 Å². The molecule has 1 atom stereocenters. The van der Waals surface area contributed by atoms with Crippen LogP contribution in [-0.2, 0) is 0 Å². The molecular formula is C21H24N4O2. The second-order valence-corrected chi connectivity index (χ2v) is 7.09. The molecule has 1 unspecified atom stereocenters. The summed E-state index contributed by atoms with van der Waals surface area (Å²) in [6, 6.07) is 14.3. The number of hydrogen-bond donors (Lipinski definition) is 2. The predicted molar refractivity (Wildman–Crippen MR) is 107 cm³/mol. The van der Waals surface area contributed by atoms with Crippen LogP contribution in [0.25, 0.3) is 11.1 Å². The van der Waals surface area contributed by atoms with E-state index in [2.05, 4.69) is 27.4 Å². The van der Waals surface area contributed by atoms with Crippen molar-refractivity contribution in [3.8, 4) is 0 Å². The normalized spacial score (nSPS) is 16.7. The SMILES string of the molecule is Cc1ccc(NC(=O)NCC2CCCN2c2nc3ccccc3o2)cc1C. The second-order valence-electron chi connectivity index (χ2n) is 7.09. The first kappa shape index (κ1) is 17.4. The van der Waals surface area contributed by atoms with Crippen LogP contribution in [0.2, 0.25) is 0 Å². The number of amides is 2. The summed E-state index contributed by atoms with van der Waals surface area (Å²) in [4.78, 5) is 19.0. The van der Waals surface area contributed by atoms with Crippen molar-refractivity contribution >= 4 is 28.8 Å². The lowest BCUT2D eigenvalue weighted by atomic mass is 10.1. The van der Waals surface area contributed by atoms with E-state index in [1.54, 1.807) is 0 Å². The summed E-state index contributed by atoms with van der Waals surface area (Å²) in [5, 5.41) is 5.88. The highest BCUT2D eigenvalue weighted by atomic mass is 16.4. The molecule has 1 aromatic heterocycles. The van der Waals surface area contributed by atoms with Gasteiger partial charge in [-0.1, -0.05) is 18.2 Å². The number of fused-ring (bicyclic) bond motifs is 1. The summed E-state index contributed by atoms with van der Waals surface area (Å²) < 4.78 is 5.90. The van der Waals surface area contributed by atoms with Gasteiger partial charge in [-0.25, -0.2) is 4.79 Å². The second kappa shape index (κ2) is 7.31. The average Bonchev–Trinajstić information content (AvgIpc) is 3.29. The molecular weight excluding hydrogens is 340 g/mol. The fourth-order valence-electron chi connectivity index (χ4n) is 3.49. The van der Waals surface area contributed by atoms with E-state index in [4.69, 9.17) is 4.42 Å². The molecule has 2 aromatic carbocycles. The Morgan fingerprint density at radius 3 is 2.89 bits per heavy atom. The maximum atomic E-state index is 12.3. The van der Waals surface area contributed by atoms with Crippen molar-refractivity contribution in [2.24, 2.45) is 0 Å². The van der Waals surface area contributed by atoms with Gasteiger partial charge < -0.3 is 20.0 Å². The molecule has 27 heavy (non-hydrogen) atoms. The van der Waals surface area contributed by atoms with E-state index >= 15 is 0 Å². The minimum absolute atomic E-state index is 0.184. The van der Waals surface area contributed by atoms with Crippen molar-refractivity contribution in [1.29, 1.82) is 0 Å². The summed E-state index contributed by atoms with van der Waals surface area (Å²) in [6.07, 6.45) is 2.06. The molecule has 0 spiro atoms. The van der Waals surface area contributed by atoms with Crippen LogP contribution < -0.4 is 15.5 Å². The van der Waals surface area contributed by atoms with Crippen LogP contribution in [0.1, 0.15) is 24.0 Å². The maximum Gasteiger partial charge on any atom is 0.319 e. The molecule has 1 saturated heterocycles. The van der Waals surface area contributed by atoms with Gasteiger partial charge in [-0.05, 0) is 62.1 Å². The number of benzene rings is 2. The van der Waals surface area contributed by atoms with Gasteiger partial charge in [0.2, 0.25) is 0 Å². The highest BCUT2D eigenvalue weighted by Gasteiger charge is 2.28. The minimum atomic E-state index is -0.192. The van der Waals surface area contributed by atoms with Crippen molar-refractivity contribution < 1.29 is 9.21 Å². The number of carbonyl (C=O) groups is 1. The molecule has 0 bridgehead atoms. The standard InChI is InChI=1S/C21H24N4O2/c1-14-9-10-16(12-15(14)2)23-20(26)22-13-17-6-5-11-25(17)21-24-18-7-3-4-8-19(18)27-21/h3-4,7-10,12,17H,5-6,11,13H2,1-2H3,(H2,22,23,26). The number of nitrogens with zero attached hydrogens (tertiary/aromatic N) is 2. The van der Waals surface area contributed by atoms with Gasteiger partial charge in [-0.3, -0.25) is 0 Å². The molecule has 2 amide bonds. The van der Waals surface area contributed by atoms with Crippen LogP contribution in [0.5, 0.6) is 0 Å². The number of carbonyl (C=O) groups excluding carboxylic acids is 1. The molecule has 1 aliphatic rings. The summed E-state index contributed by atoms with van der Waals surface area (Å²) in [5.41, 5.74) is 4.82. The Morgan fingerprint density at radius 2 is 2.07 bits per heavy atom. The predicted octanol–water partition coefficient (Wildman–Crippen LogP) is 4.24. The number of rotatable bonds is 4. The third-order valence-corrected chi connectivity index (χ3v) is 5.17. The van der Waals surface area contributed by atoms with Gasteiger partial charge in [0, 0.05) is 18.8 Å². The van der Waals surface area contributed by atoms with Crippen LogP contribution in [0.15, 0.2) is 46.9 Å². The summed E-state index contributed by atoms with van der Waals surface area (Å²) >= 11 is 0. The zero-order valence-electron chi connectivity index (χ0n) is 15.7. The largest absolute Gasteiger partial charge is 0.423 e. The molecule has 6 nitrogen and oxygen atoms in total. The molecule has 2 N–H and O–H groups in total. The van der Waals surface area contributed by atoms with Crippen LogP contribution in [0.3, 0.4) is 0 Å². The highest BCUT2D eigenvalue weighted by molar-refractivity contribution is 5.89. The maximum absolute atomic E-state index is 12.3. The first-order valence-corrected chi connectivity index (χ1v) is 9.34. The lowest BCUT2D eigenvalue weighted by Gasteiger charge is -2.23. The zero-order chi connectivity index (χ0) is 18.8. The van der Waals surface area contributed by atoms with E-state index in [9.17, 15) is 4.79 Å². The molecule has 1 fully saturated rings. The van der Waals surface area contributed by atoms with Gasteiger partial charge in [0.1, 0.15) is 5.52 Å². The lowest BCUT2D eigenvalue weighted by Crippen LogP contribution is -2.41. The number of anilines is 2.